The van der Waals surface area contributed by atoms with Gasteiger partial charge in [0.1, 0.15) is 0 Å². The molecular formula is C18H21N3O4. The summed E-state index contributed by atoms with van der Waals surface area (Å²) < 4.78 is 0. The highest BCUT2D eigenvalue weighted by Crippen LogP contribution is 2.34. The SMILES string of the molecule is CCN1CCC(c2c[nH]c3cccc(C#N)c23)CC1.O=C(O)C(=O)O. The second kappa shape index (κ2) is 8.31. The quantitative estimate of drug-likeness (QED) is 0.721. The van der Waals surface area contributed by atoms with Crippen LogP contribution in [0.5, 0.6) is 0 Å². The largest absolute Gasteiger partial charge is 0.473 e. The van der Waals surface area contributed by atoms with E-state index in [0.717, 1.165) is 23.0 Å². The zero-order chi connectivity index (χ0) is 18.4. The van der Waals surface area contributed by atoms with Gasteiger partial charge in [-0.3, -0.25) is 0 Å². The molecule has 0 unspecified atom stereocenters. The molecule has 3 N–H and O–H groups in total. The van der Waals surface area contributed by atoms with Crippen molar-refractivity contribution < 1.29 is 19.8 Å². The van der Waals surface area contributed by atoms with Gasteiger partial charge in [-0.25, -0.2) is 9.59 Å². The molecule has 0 radical (unpaired) electrons. The number of carboxylic acids is 2. The zero-order valence-electron chi connectivity index (χ0n) is 14.0. The van der Waals surface area contributed by atoms with Crippen molar-refractivity contribution in [3.8, 4) is 6.07 Å². The Morgan fingerprint density at radius 1 is 1.28 bits per heavy atom. The molecule has 132 valence electrons. The molecule has 1 aromatic heterocycles. The summed E-state index contributed by atoms with van der Waals surface area (Å²) >= 11 is 0. The van der Waals surface area contributed by atoms with Crippen molar-refractivity contribution in [1.29, 1.82) is 5.26 Å². The first kappa shape index (κ1) is 18.5. The first-order valence-electron chi connectivity index (χ1n) is 8.16. The van der Waals surface area contributed by atoms with Gasteiger partial charge in [0.2, 0.25) is 0 Å². The Balaban J connectivity index is 0.000000326. The molecule has 2 heterocycles. The fourth-order valence-electron chi connectivity index (χ4n) is 3.19. The normalized spacial score (nSPS) is 15.2. The van der Waals surface area contributed by atoms with Crippen molar-refractivity contribution >= 4 is 22.8 Å². The lowest BCUT2D eigenvalue weighted by atomic mass is 9.88. The molecule has 0 saturated carbocycles. The molecule has 1 aliphatic rings. The molecule has 0 bridgehead atoms. The maximum absolute atomic E-state index is 9.28. The van der Waals surface area contributed by atoms with Crippen LogP contribution in [0, 0.1) is 11.3 Å². The lowest BCUT2D eigenvalue weighted by molar-refractivity contribution is -0.159. The smallest absolute Gasteiger partial charge is 0.414 e. The maximum Gasteiger partial charge on any atom is 0.414 e. The molecule has 0 atom stereocenters. The molecule has 1 fully saturated rings. The molecule has 3 rings (SSSR count). The van der Waals surface area contributed by atoms with Crippen molar-refractivity contribution in [2.75, 3.05) is 19.6 Å². The van der Waals surface area contributed by atoms with Crippen LogP contribution in [0.25, 0.3) is 10.9 Å². The summed E-state index contributed by atoms with van der Waals surface area (Å²) in [5.41, 5.74) is 3.22. The van der Waals surface area contributed by atoms with E-state index in [2.05, 4.69) is 35.1 Å². The highest BCUT2D eigenvalue weighted by atomic mass is 16.4. The minimum absolute atomic E-state index is 0.589. The summed E-state index contributed by atoms with van der Waals surface area (Å²) in [6, 6.07) is 8.24. The molecule has 7 nitrogen and oxygen atoms in total. The van der Waals surface area contributed by atoms with Crippen molar-refractivity contribution in [1.82, 2.24) is 9.88 Å². The predicted octanol–water partition coefficient (Wildman–Crippen LogP) is 2.39. The van der Waals surface area contributed by atoms with Gasteiger partial charge in [-0.15, -0.1) is 0 Å². The van der Waals surface area contributed by atoms with Crippen molar-refractivity contribution in [3.05, 3.63) is 35.5 Å². The van der Waals surface area contributed by atoms with E-state index in [-0.39, 0.29) is 0 Å². The number of nitriles is 1. The number of benzene rings is 1. The molecular weight excluding hydrogens is 322 g/mol. The number of fused-ring (bicyclic) bond motifs is 1. The summed E-state index contributed by atoms with van der Waals surface area (Å²) in [5, 5.41) is 25.2. The van der Waals surface area contributed by atoms with Crippen molar-refractivity contribution in [2.45, 2.75) is 25.7 Å². The number of carbonyl (C=O) groups is 2. The number of aromatic amines is 1. The minimum Gasteiger partial charge on any atom is -0.473 e. The molecule has 0 spiro atoms. The number of aromatic nitrogens is 1. The molecule has 7 heteroatoms. The third-order valence-electron chi connectivity index (χ3n) is 4.51. The van der Waals surface area contributed by atoms with Gasteiger partial charge in [-0.05, 0) is 56.1 Å². The number of H-pyrrole nitrogens is 1. The zero-order valence-corrected chi connectivity index (χ0v) is 14.0. The topological polar surface area (TPSA) is 117 Å². The first-order valence-corrected chi connectivity index (χ1v) is 8.16. The fourth-order valence-corrected chi connectivity index (χ4v) is 3.19. The van der Waals surface area contributed by atoms with E-state index >= 15 is 0 Å². The summed E-state index contributed by atoms with van der Waals surface area (Å²) in [6.07, 6.45) is 4.50. The molecule has 2 aromatic rings. The molecule has 1 aliphatic heterocycles. The van der Waals surface area contributed by atoms with E-state index < -0.39 is 11.9 Å². The van der Waals surface area contributed by atoms with Gasteiger partial charge in [0.15, 0.2) is 0 Å². The van der Waals surface area contributed by atoms with E-state index in [1.54, 1.807) is 0 Å². The average Bonchev–Trinajstić information content (AvgIpc) is 3.06. The van der Waals surface area contributed by atoms with Gasteiger partial charge in [-0.1, -0.05) is 13.0 Å². The van der Waals surface area contributed by atoms with Gasteiger partial charge in [0, 0.05) is 17.1 Å². The van der Waals surface area contributed by atoms with Crippen LogP contribution in [-0.2, 0) is 9.59 Å². The third-order valence-corrected chi connectivity index (χ3v) is 4.51. The number of piperidine rings is 1. The van der Waals surface area contributed by atoms with Crippen LogP contribution < -0.4 is 0 Å². The van der Waals surface area contributed by atoms with Crippen LogP contribution >= 0.6 is 0 Å². The second-order valence-corrected chi connectivity index (χ2v) is 5.90. The molecule has 0 aliphatic carbocycles. The number of likely N-dealkylation sites (tertiary alicyclic amines) is 1. The van der Waals surface area contributed by atoms with Crippen LogP contribution in [0.1, 0.15) is 36.8 Å². The van der Waals surface area contributed by atoms with Gasteiger partial charge in [-0.2, -0.15) is 5.26 Å². The number of hydrogen-bond donors (Lipinski definition) is 3. The predicted molar refractivity (Wildman–Crippen MR) is 92.4 cm³/mol. The van der Waals surface area contributed by atoms with Gasteiger partial charge in [0.05, 0.1) is 11.6 Å². The highest BCUT2D eigenvalue weighted by molar-refractivity contribution is 6.27. The number of carboxylic acid groups (broad SMARTS) is 2. The maximum atomic E-state index is 9.28. The Morgan fingerprint density at radius 2 is 1.92 bits per heavy atom. The molecule has 25 heavy (non-hydrogen) atoms. The lowest BCUT2D eigenvalue weighted by Gasteiger charge is -2.31. The molecule has 1 saturated heterocycles. The first-order chi connectivity index (χ1) is 12.0. The fraction of sp³-hybridized carbons (Fsp3) is 0.389. The highest BCUT2D eigenvalue weighted by Gasteiger charge is 2.22. The van der Waals surface area contributed by atoms with E-state index in [9.17, 15) is 5.26 Å². The molecule has 0 amide bonds. The number of rotatable bonds is 2. The standard InChI is InChI=1S/C16H19N3.C2H2O4/c1-2-19-8-6-12(7-9-19)14-11-18-15-5-3-4-13(10-17)16(14)15;3-1(4)2(5)6/h3-5,11-12,18H,2,6-9H2,1H3;(H,3,4)(H,5,6). The van der Waals surface area contributed by atoms with Gasteiger partial charge < -0.3 is 20.1 Å². The Labute approximate surface area is 145 Å². The monoisotopic (exact) mass is 343 g/mol. The number of aliphatic carboxylic acids is 2. The van der Waals surface area contributed by atoms with Crippen molar-refractivity contribution in [2.24, 2.45) is 0 Å². The minimum atomic E-state index is -1.82. The Kier molecular flexibility index (Phi) is 6.14. The second-order valence-electron chi connectivity index (χ2n) is 5.90. The van der Waals surface area contributed by atoms with Crippen LogP contribution in [0.2, 0.25) is 0 Å². The number of nitrogens with one attached hydrogen (secondary N) is 1. The van der Waals surface area contributed by atoms with Crippen LogP contribution in [0.15, 0.2) is 24.4 Å². The van der Waals surface area contributed by atoms with Crippen LogP contribution in [0.3, 0.4) is 0 Å². The summed E-state index contributed by atoms with van der Waals surface area (Å²) in [6.45, 7) is 5.70. The van der Waals surface area contributed by atoms with E-state index in [0.29, 0.717) is 5.92 Å². The van der Waals surface area contributed by atoms with E-state index in [4.69, 9.17) is 19.8 Å². The third kappa shape index (κ3) is 4.37. The summed E-state index contributed by atoms with van der Waals surface area (Å²) in [5.74, 6) is -3.06. The Morgan fingerprint density at radius 3 is 2.44 bits per heavy atom. The Bertz CT molecular complexity index is 786. The van der Waals surface area contributed by atoms with Crippen LogP contribution in [0.4, 0.5) is 0 Å². The van der Waals surface area contributed by atoms with Gasteiger partial charge >= 0.3 is 11.9 Å². The van der Waals surface area contributed by atoms with Gasteiger partial charge in [0.25, 0.3) is 0 Å². The van der Waals surface area contributed by atoms with E-state index in [1.807, 2.05) is 12.1 Å². The lowest BCUT2D eigenvalue weighted by Crippen LogP contribution is -2.32. The van der Waals surface area contributed by atoms with Crippen molar-refractivity contribution in [3.63, 3.8) is 0 Å². The number of nitrogens with zero attached hydrogens (tertiary/aromatic N) is 2. The number of hydrogen-bond acceptors (Lipinski definition) is 4. The summed E-state index contributed by atoms with van der Waals surface area (Å²) in [7, 11) is 0. The Hall–Kier alpha value is -2.85. The molecule has 1 aromatic carbocycles. The average molecular weight is 343 g/mol. The van der Waals surface area contributed by atoms with Crippen LogP contribution in [-0.4, -0.2) is 51.7 Å². The van der Waals surface area contributed by atoms with E-state index in [1.165, 1.54) is 31.5 Å². The summed E-state index contributed by atoms with van der Waals surface area (Å²) in [4.78, 5) is 24.0.